The number of nitrogens with one attached hydrogen (secondary N) is 1. The van der Waals surface area contributed by atoms with Gasteiger partial charge in [0.05, 0.1) is 0 Å². The van der Waals surface area contributed by atoms with Gasteiger partial charge < -0.3 is 19.9 Å². The van der Waals surface area contributed by atoms with Crippen LogP contribution in [0.15, 0.2) is 24.3 Å². The van der Waals surface area contributed by atoms with Crippen LogP contribution in [0.1, 0.15) is 72.6 Å². The lowest BCUT2D eigenvalue weighted by atomic mass is 9.97. The van der Waals surface area contributed by atoms with Gasteiger partial charge in [-0.15, -0.1) is 0 Å². The summed E-state index contributed by atoms with van der Waals surface area (Å²) in [4.78, 5) is 42.4. The van der Waals surface area contributed by atoms with Crippen LogP contribution in [-0.4, -0.2) is 65.8 Å². The molecule has 0 bridgehead atoms. The second kappa shape index (κ2) is 15.0. The molecule has 3 unspecified atom stereocenters. The standard InChI is InChI=1S/C27H42ClN3O4/c1-5-7-8-9-10-11-25(33)31-17-16-30(18-21(31)4)27(34)26(20(3)6-2)29-24(32)19-35-23-14-12-22(28)13-15-23/h12-15,20-21,26H,5-11,16-19H2,1-4H3,(H,29,32). The maximum Gasteiger partial charge on any atom is 0.258 e. The quantitative estimate of drug-likeness (QED) is 0.393. The average molecular weight is 508 g/mol. The lowest BCUT2D eigenvalue weighted by molar-refractivity contribution is -0.145. The number of halogens is 1. The Bertz CT molecular complexity index is 817. The molecule has 2 rings (SSSR count). The molecular formula is C27H42ClN3O4. The van der Waals surface area contributed by atoms with E-state index in [1.54, 1.807) is 29.2 Å². The maximum absolute atomic E-state index is 13.4. The number of ether oxygens (including phenoxy) is 1. The van der Waals surface area contributed by atoms with E-state index in [9.17, 15) is 14.4 Å². The molecule has 1 saturated heterocycles. The third-order valence-corrected chi connectivity index (χ3v) is 6.98. The number of unbranched alkanes of at least 4 members (excludes halogenated alkanes) is 4. The van der Waals surface area contributed by atoms with Crippen LogP contribution in [0, 0.1) is 5.92 Å². The Hall–Kier alpha value is -2.28. The summed E-state index contributed by atoms with van der Waals surface area (Å²) in [5, 5.41) is 3.47. The molecule has 196 valence electrons. The molecule has 3 atom stereocenters. The first-order valence-electron chi connectivity index (χ1n) is 13.0. The van der Waals surface area contributed by atoms with Gasteiger partial charge in [-0.3, -0.25) is 14.4 Å². The van der Waals surface area contributed by atoms with Crippen LogP contribution in [0.3, 0.4) is 0 Å². The summed E-state index contributed by atoms with van der Waals surface area (Å²) in [5.74, 6) is 0.240. The number of rotatable bonds is 13. The van der Waals surface area contributed by atoms with Crippen molar-refractivity contribution in [1.82, 2.24) is 15.1 Å². The van der Waals surface area contributed by atoms with Gasteiger partial charge in [0.1, 0.15) is 11.8 Å². The molecule has 0 spiro atoms. The molecule has 0 aliphatic carbocycles. The van der Waals surface area contributed by atoms with Gasteiger partial charge in [-0.2, -0.15) is 0 Å². The zero-order valence-corrected chi connectivity index (χ0v) is 22.5. The molecule has 1 N–H and O–H groups in total. The monoisotopic (exact) mass is 507 g/mol. The van der Waals surface area contributed by atoms with E-state index in [-0.39, 0.29) is 36.3 Å². The largest absolute Gasteiger partial charge is 0.484 e. The summed E-state index contributed by atoms with van der Waals surface area (Å²) in [7, 11) is 0. The van der Waals surface area contributed by atoms with Gasteiger partial charge in [-0.25, -0.2) is 0 Å². The fourth-order valence-corrected chi connectivity index (χ4v) is 4.45. The van der Waals surface area contributed by atoms with Crippen LogP contribution in [0.4, 0.5) is 0 Å². The van der Waals surface area contributed by atoms with Crippen molar-refractivity contribution in [2.24, 2.45) is 5.92 Å². The molecule has 35 heavy (non-hydrogen) atoms. The molecule has 1 aliphatic heterocycles. The van der Waals surface area contributed by atoms with Gasteiger partial charge >= 0.3 is 0 Å². The van der Waals surface area contributed by atoms with E-state index in [1.165, 1.54) is 19.3 Å². The predicted molar refractivity (Wildman–Crippen MR) is 139 cm³/mol. The van der Waals surface area contributed by atoms with Gasteiger partial charge in [0, 0.05) is 37.1 Å². The Kier molecular flexibility index (Phi) is 12.4. The zero-order chi connectivity index (χ0) is 25.8. The van der Waals surface area contributed by atoms with Crippen LogP contribution in [0.5, 0.6) is 5.75 Å². The first-order valence-corrected chi connectivity index (χ1v) is 13.4. The summed E-state index contributed by atoms with van der Waals surface area (Å²) >= 11 is 5.88. The zero-order valence-electron chi connectivity index (χ0n) is 21.7. The van der Waals surface area contributed by atoms with E-state index >= 15 is 0 Å². The second-order valence-corrected chi connectivity index (χ2v) is 9.99. The molecule has 0 radical (unpaired) electrons. The number of benzene rings is 1. The molecule has 3 amide bonds. The van der Waals surface area contributed by atoms with Gasteiger partial charge in [-0.05, 0) is 43.5 Å². The van der Waals surface area contributed by atoms with Crippen molar-refractivity contribution in [3.63, 3.8) is 0 Å². The summed E-state index contributed by atoms with van der Waals surface area (Å²) in [6, 6.07) is 6.10. The molecule has 7 nitrogen and oxygen atoms in total. The Morgan fingerprint density at radius 3 is 2.40 bits per heavy atom. The number of nitrogens with zero attached hydrogens (tertiary/aromatic N) is 2. The normalized spacial score (nSPS) is 17.6. The molecule has 0 aromatic heterocycles. The Morgan fingerprint density at radius 2 is 1.77 bits per heavy atom. The Labute approximate surface area is 215 Å². The van der Waals surface area contributed by atoms with Gasteiger partial charge in [0.2, 0.25) is 11.8 Å². The van der Waals surface area contributed by atoms with Crippen molar-refractivity contribution in [3.8, 4) is 5.75 Å². The minimum absolute atomic E-state index is 0.0277. The van der Waals surface area contributed by atoms with Crippen LogP contribution < -0.4 is 10.1 Å². The van der Waals surface area contributed by atoms with E-state index < -0.39 is 6.04 Å². The van der Waals surface area contributed by atoms with Crippen LogP contribution in [0.2, 0.25) is 5.02 Å². The number of hydrogen-bond donors (Lipinski definition) is 1. The van der Waals surface area contributed by atoms with Crippen molar-refractivity contribution in [3.05, 3.63) is 29.3 Å². The fourth-order valence-electron chi connectivity index (χ4n) is 4.33. The summed E-state index contributed by atoms with van der Waals surface area (Å²) in [6.45, 7) is 9.44. The first kappa shape index (κ1) is 29.0. The highest BCUT2D eigenvalue weighted by Crippen LogP contribution is 2.18. The summed E-state index contributed by atoms with van der Waals surface area (Å²) in [6.07, 6.45) is 6.91. The van der Waals surface area contributed by atoms with Gasteiger partial charge in [-0.1, -0.05) is 64.5 Å². The lowest BCUT2D eigenvalue weighted by Crippen LogP contribution is -2.60. The number of hydrogen-bond acceptors (Lipinski definition) is 4. The lowest BCUT2D eigenvalue weighted by Gasteiger charge is -2.41. The average Bonchev–Trinajstić information content (AvgIpc) is 2.85. The van der Waals surface area contributed by atoms with Crippen LogP contribution >= 0.6 is 11.6 Å². The van der Waals surface area contributed by atoms with E-state index in [0.717, 1.165) is 19.3 Å². The third-order valence-electron chi connectivity index (χ3n) is 6.73. The minimum atomic E-state index is -0.630. The molecule has 1 aliphatic rings. The molecule has 1 heterocycles. The number of carbonyl (C=O) groups is 3. The van der Waals surface area contributed by atoms with Crippen molar-refractivity contribution in [2.75, 3.05) is 26.2 Å². The van der Waals surface area contributed by atoms with E-state index in [1.807, 2.05) is 25.7 Å². The summed E-state index contributed by atoms with van der Waals surface area (Å²) < 4.78 is 5.53. The first-order chi connectivity index (χ1) is 16.8. The Balaban J connectivity index is 1.88. The predicted octanol–water partition coefficient (Wildman–Crippen LogP) is 4.67. The number of piperazine rings is 1. The minimum Gasteiger partial charge on any atom is -0.484 e. The second-order valence-electron chi connectivity index (χ2n) is 9.56. The van der Waals surface area contributed by atoms with E-state index in [4.69, 9.17) is 16.3 Å². The Morgan fingerprint density at radius 1 is 1.09 bits per heavy atom. The van der Waals surface area contributed by atoms with Crippen LogP contribution in [0.25, 0.3) is 0 Å². The SMILES string of the molecule is CCCCCCCC(=O)N1CCN(C(=O)C(NC(=O)COc2ccc(Cl)cc2)C(C)CC)CC1C. The smallest absolute Gasteiger partial charge is 0.258 e. The molecule has 8 heteroatoms. The molecule has 1 aromatic carbocycles. The van der Waals surface area contributed by atoms with E-state index in [0.29, 0.717) is 36.8 Å². The maximum atomic E-state index is 13.4. The highest BCUT2D eigenvalue weighted by Gasteiger charge is 2.35. The number of carbonyl (C=O) groups excluding carboxylic acids is 3. The topological polar surface area (TPSA) is 79.0 Å². The molecule has 1 fully saturated rings. The van der Waals surface area contributed by atoms with Crippen molar-refractivity contribution < 1.29 is 19.1 Å². The van der Waals surface area contributed by atoms with E-state index in [2.05, 4.69) is 12.2 Å². The highest BCUT2D eigenvalue weighted by atomic mass is 35.5. The molecular weight excluding hydrogens is 466 g/mol. The van der Waals surface area contributed by atoms with Gasteiger partial charge in [0.15, 0.2) is 6.61 Å². The fraction of sp³-hybridized carbons (Fsp3) is 0.667. The highest BCUT2D eigenvalue weighted by molar-refractivity contribution is 6.30. The third kappa shape index (κ3) is 9.36. The molecule has 0 saturated carbocycles. The van der Waals surface area contributed by atoms with Crippen LogP contribution in [-0.2, 0) is 14.4 Å². The summed E-state index contributed by atoms with van der Waals surface area (Å²) in [5.41, 5.74) is 0. The number of amides is 3. The molecule has 1 aromatic rings. The van der Waals surface area contributed by atoms with Crippen molar-refractivity contribution >= 4 is 29.3 Å². The van der Waals surface area contributed by atoms with Crippen molar-refractivity contribution in [1.29, 1.82) is 0 Å². The van der Waals surface area contributed by atoms with Crippen molar-refractivity contribution in [2.45, 2.75) is 84.7 Å². The van der Waals surface area contributed by atoms with Gasteiger partial charge in [0.25, 0.3) is 5.91 Å².